The lowest BCUT2D eigenvalue weighted by atomic mass is 10.3. The molecule has 0 amide bonds. The Kier molecular flexibility index (Phi) is 2.20. The predicted octanol–water partition coefficient (Wildman–Crippen LogP) is 0.158. The van der Waals surface area contributed by atoms with E-state index in [0.29, 0.717) is 13.2 Å². The van der Waals surface area contributed by atoms with E-state index < -0.39 is 0 Å². The van der Waals surface area contributed by atoms with E-state index >= 15 is 0 Å². The largest absolute Gasteiger partial charge is 0.410 e. The van der Waals surface area contributed by atoms with Gasteiger partial charge in [0.1, 0.15) is 6.67 Å². The number of nitrogens with one attached hydrogen (secondary N) is 1. The van der Waals surface area contributed by atoms with Crippen LogP contribution >= 0.6 is 0 Å². The third-order valence-electron chi connectivity index (χ3n) is 1.51. The summed E-state index contributed by atoms with van der Waals surface area (Å²) in [5.74, 6) is 0.227. The van der Waals surface area contributed by atoms with Gasteiger partial charge in [0.15, 0.2) is 11.5 Å². The molecule has 0 radical (unpaired) electrons. The summed E-state index contributed by atoms with van der Waals surface area (Å²) >= 11 is 0. The molecule has 0 fully saturated rings. The van der Waals surface area contributed by atoms with Crippen LogP contribution in [0.2, 0.25) is 0 Å². The Morgan fingerprint density at radius 3 is 3.18 bits per heavy atom. The molecule has 5 nitrogen and oxygen atoms in total. The smallest absolute Gasteiger partial charge is 0.162 e. The first-order valence-corrected chi connectivity index (χ1v) is 3.35. The number of hydrogen-bond acceptors (Lipinski definition) is 4. The Hall–Kier alpha value is -1.39. The molecule has 0 spiro atoms. The van der Waals surface area contributed by atoms with E-state index in [1.54, 1.807) is 4.90 Å². The number of nitrogens with zero attached hydrogens (tertiary/aromatic N) is 3. The minimum atomic E-state index is 0.220. The van der Waals surface area contributed by atoms with Crippen LogP contribution in [0.15, 0.2) is 10.1 Å². The summed E-state index contributed by atoms with van der Waals surface area (Å²) in [4.78, 5) is 5.60. The molecule has 0 aromatic rings. The van der Waals surface area contributed by atoms with Crippen LogP contribution in [0.3, 0.4) is 0 Å². The van der Waals surface area contributed by atoms with E-state index in [-0.39, 0.29) is 11.5 Å². The highest BCUT2D eigenvalue weighted by atomic mass is 16.4. The summed E-state index contributed by atoms with van der Waals surface area (Å²) in [5, 5.41) is 18.8. The quantitative estimate of drug-likeness (QED) is 0.417. The highest BCUT2D eigenvalue weighted by Gasteiger charge is 2.16. The first kappa shape index (κ1) is 7.71. The fourth-order valence-electron chi connectivity index (χ4n) is 0.851. The van der Waals surface area contributed by atoms with Crippen LogP contribution in [0.1, 0.15) is 6.92 Å². The van der Waals surface area contributed by atoms with Crippen LogP contribution < -0.4 is 0 Å². The second-order valence-electron chi connectivity index (χ2n) is 2.14. The molecule has 0 saturated heterocycles. The highest BCUT2D eigenvalue weighted by molar-refractivity contribution is 6.61. The molecule has 5 heteroatoms. The van der Waals surface area contributed by atoms with Crippen molar-refractivity contribution in [2.75, 3.05) is 13.2 Å². The fourth-order valence-corrected chi connectivity index (χ4v) is 0.851. The molecule has 0 unspecified atom stereocenters. The molecule has 0 atom stereocenters. The standard InChI is InChI=1S/C6H10N4O/c1-2-10-4-8-3-5(9-11)6(10)7/h3,7,11H,2,4H2,1H3. The van der Waals surface area contributed by atoms with Gasteiger partial charge in [0, 0.05) is 6.54 Å². The van der Waals surface area contributed by atoms with E-state index in [1.165, 1.54) is 6.21 Å². The SMILES string of the molecule is CCN1CN=CC(=NO)C1=N. The van der Waals surface area contributed by atoms with Crippen molar-refractivity contribution in [3.05, 3.63) is 0 Å². The molecular formula is C6H10N4O. The molecule has 0 aliphatic carbocycles. The minimum absolute atomic E-state index is 0.220. The van der Waals surface area contributed by atoms with Crippen LogP contribution in [-0.2, 0) is 0 Å². The van der Waals surface area contributed by atoms with Crippen molar-refractivity contribution < 1.29 is 5.21 Å². The Labute approximate surface area is 64.5 Å². The van der Waals surface area contributed by atoms with Gasteiger partial charge in [0.05, 0.1) is 6.21 Å². The summed E-state index contributed by atoms with van der Waals surface area (Å²) in [6, 6.07) is 0. The molecule has 60 valence electrons. The van der Waals surface area contributed by atoms with Crippen molar-refractivity contribution >= 4 is 17.8 Å². The van der Waals surface area contributed by atoms with Crippen LogP contribution in [0.4, 0.5) is 0 Å². The lowest BCUT2D eigenvalue weighted by molar-refractivity contribution is 0.320. The molecule has 2 N–H and O–H groups in total. The molecular weight excluding hydrogens is 144 g/mol. The van der Waals surface area contributed by atoms with Crippen molar-refractivity contribution in [1.82, 2.24) is 4.90 Å². The van der Waals surface area contributed by atoms with E-state index in [1.807, 2.05) is 6.92 Å². The van der Waals surface area contributed by atoms with Gasteiger partial charge in [-0.3, -0.25) is 10.4 Å². The number of hydrogen-bond donors (Lipinski definition) is 2. The summed E-state index contributed by atoms with van der Waals surface area (Å²) in [6.45, 7) is 3.11. The van der Waals surface area contributed by atoms with Crippen molar-refractivity contribution in [1.29, 1.82) is 5.41 Å². The predicted molar refractivity (Wildman–Crippen MR) is 42.7 cm³/mol. The number of aliphatic imine (C=N–C) groups is 1. The van der Waals surface area contributed by atoms with E-state index in [9.17, 15) is 0 Å². The topological polar surface area (TPSA) is 72.0 Å². The van der Waals surface area contributed by atoms with Gasteiger partial charge in [-0.15, -0.1) is 0 Å². The van der Waals surface area contributed by atoms with Crippen molar-refractivity contribution in [2.24, 2.45) is 10.1 Å². The van der Waals surface area contributed by atoms with Crippen molar-refractivity contribution in [2.45, 2.75) is 6.92 Å². The summed E-state index contributed by atoms with van der Waals surface area (Å²) in [6.07, 6.45) is 1.40. The Bertz CT molecular complexity index is 221. The molecule has 11 heavy (non-hydrogen) atoms. The molecule has 1 rings (SSSR count). The molecule has 1 aliphatic rings. The van der Waals surface area contributed by atoms with Crippen molar-refractivity contribution in [3.8, 4) is 0 Å². The van der Waals surface area contributed by atoms with Crippen LogP contribution in [0.5, 0.6) is 0 Å². The zero-order chi connectivity index (χ0) is 8.27. The third-order valence-corrected chi connectivity index (χ3v) is 1.51. The lowest BCUT2D eigenvalue weighted by Gasteiger charge is -2.23. The van der Waals surface area contributed by atoms with Crippen LogP contribution in [-0.4, -0.2) is 41.1 Å². The van der Waals surface area contributed by atoms with Gasteiger partial charge < -0.3 is 10.1 Å². The minimum Gasteiger partial charge on any atom is -0.410 e. The molecule has 1 aliphatic heterocycles. The van der Waals surface area contributed by atoms with Gasteiger partial charge in [-0.05, 0) is 6.92 Å². The van der Waals surface area contributed by atoms with Crippen LogP contribution in [0, 0.1) is 5.41 Å². The number of rotatable bonds is 1. The molecule has 1 heterocycles. The van der Waals surface area contributed by atoms with Crippen LogP contribution in [0.25, 0.3) is 0 Å². The average Bonchev–Trinajstić information content (AvgIpc) is 2.05. The van der Waals surface area contributed by atoms with E-state index in [0.717, 1.165) is 0 Å². The maximum Gasteiger partial charge on any atom is 0.162 e. The monoisotopic (exact) mass is 154 g/mol. The zero-order valence-corrected chi connectivity index (χ0v) is 6.28. The molecule has 0 aromatic carbocycles. The first-order valence-electron chi connectivity index (χ1n) is 3.35. The van der Waals surface area contributed by atoms with Gasteiger partial charge >= 0.3 is 0 Å². The third kappa shape index (κ3) is 1.36. The lowest BCUT2D eigenvalue weighted by Crippen LogP contribution is -2.40. The molecule has 0 bridgehead atoms. The van der Waals surface area contributed by atoms with Gasteiger partial charge in [0.2, 0.25) is 0 Å². The second-order valence-corrected chi connectivity index (χ2v) is 2.14. The Balaban J connectivity index is 2.82. The normalized spacial score (nSPS) is 21.4. The Morgan fingerprint density at radius 2 is 2.64 bits per heavy atom. The van der Waals surface area contributed by atoms with E-state index in [2.05, 4.69) is 10.1 Å². The van der Waals surface area contributed by atoms with Crippen molar-refractivity contribution in [3.63, 3.8) is 0 Å². The average molecular weight is 154 g/mol. The number of oxime groups is 1. The van der Waals surface area contributed by atoms with Gasteiger partial charge in [-0.2, -0.15) is 0 Å². The summed E-state index contributed by atoms with van der Waals surface area (Å²) in [5.41, 5.74) is 0.220. The summed E-state index contributed by atoms with van der Waals surface area (Å²) in [7, 11) is 0. The maximum atomic E-state index is 8.40. The molecule has 0 aromatic heterocycles. The second kappa shape index (κ2) is 3.14. The van der Waals surface area contributed by atoms with E-state index in [4.69, 9.17) is 10.6 Å². The first-order chi connectivity index (χ1) is 5.29. The Morgan fingerprint density at radius 1 is 1.91 bits per heavy atom. The van der Waals surface area contributed by atoms with Gasteiger partial charge in [-0.1, -0.05) is 5.16 Å². The van der Waals surface area contributed by atoms with Gasteiger partial charge in [0.25, 0.3) is 0 Å². The van der Waals surface area contributed by atoms with Gasteiger partial charge in [-0.25, -0.2) is 0 Å². The summed E-state index contributed by atoms with van der Waals surface area (Å²) < 4.78 is 0. The highest BCUT2D eigenvalue weighted by Crippen LogP contribution is 1.97. The molecule has 0 saturated carbocycles. The zero-order valence-electron chi connectivity index (χ0n) is 6.28. The number of amidine groups is 1. The fraction of sp³-hybridized carbons (Fsp3) is 0.500. The maximum absolute atomic E-state index is 8.40.